The molecule has 1 aliphatic rings. The first-order valence-corrected chi connectivity index (χ1v) is 11.4. The standard InChI is InChI=1S/C25H27F3N6O/c1-17(35)31-22-5-3-2-4-18(22)6-11-23-21(25(26,27)28)16-30-24(33-23)32-19-7-9-20(10-8-19)34-14-12-29-13-15-34/h2-5,7-10,16,29H,6,11-15H2,1H3,(H,31,35)(H,30,32,33). The van der Waals surface area contributed by atoms with Gasteiger partial charge in [-0.2, -0.15) is 13.2 Å². The Morgan fingerprint density at radius 1 is 1.06 bits per heavy atom. The minimum Gasteiger partial charge on any atom is -0.369 e. The predicted molar refractivity (Wildman–Crippen MR) is 130 cm³/mol. The number of hydrogen-bond donors (Lipinski definition) is 3. The number of rotatable bonds is 7. The van der Waals surface area contributed by atoms with Crippen LogP contribution in [0.4, 0.5) is 36.2 Å². The van der Waals surface area contributed by atoms with Gasteiger partial charge in [-0.3, -0.25) is 4.79 Å². The minimum atomic E-state index is -4.57. The van der Waals surface area contributed by atoms with Crippen molar-refractivity contribution >= 4 is 28.9 Å². The van der Waals surface area contributed by atoms with Crippen LogP contribution in [0.2, 0.25) is 0 Å². The molecule has 0 unspecified atom stereocenters. The molecule has 2 aromatic carbocycles. The largest absolute Gasteiger partial charge is 0.419 e. The predicted octanol–water partition coefficient (Wildman–Crippen LogP) is 4.39. The number of carbonyl (C=O) groups is 1. The Morgan fingerprint density at radius 2 is 1.77 bits per heavy atom. The van der Waals surface area contributed by atoms with Gasteiger partial charge in [0.15, 0.2) is 0 Å². The third-order valence-corrected chi connectivity index (χ3v) is 5.74. The highest BCUT2D eigenvalue weighted by atomic mass is 19.4. The summed E-state index contributed by atoms with van der Waals surface area (Å²) in [7, 11) is 0. The molecule has 1 amide bonds. The fraction of sp³-hybridized carbons (Fsp3) is 0.320. The molecule has 3 N–H and O–H groups in total. The molecule has 4 rings (SSSR count). The van der Waals surface area contributed by atoms with Crippen LogP contribution in [0.1, 0.15) is 23.7 Å². The Hall–Kier alpha value is -3.66. The SMILES string of the molecule is CC(=O)Nc1ccccc1CCc1nc(Nc2ccc(N3CCNCC3)cc2)ncc1C(F)(F)F. The van der Waals surface area contributed by atoms with E-state index in [9.17, 15) is 18.0 Å². The zero-order chi connectivity index (χ0) is 24.8. The van der Waals surface area contributed by atoms with E-state index in [2.05, 4.69) is 30.8 Å². The van der Waals surface area contributed by atoms with Crippen molar-refractivity contribution in [2.45, 2.75) is 25.9 Å². The van der Waals surface area contributed by atoms with Crippen LogP contribution in [0.5, 0.6) is 0 Å². The summed E-state index contributed by atoms with van der Waals surface area (Å²) in [5.74, 6) is -0.150. The highest BCUT2D eigenvalue weighted by Crippen LogP contribution is 2.32. The van der Waals surface area contributed by atoms with Gasteiger partial charge in [0.25, 0.3) is 0 Å². The molecule has 0 saturated carbocycles. The normalized spacial score (nSPS) is 14.0. The van der Waals surface area contributed by atoms with Gasteiger partial charge in [-0.05, 0) is 48.7 Å². The molecule has 1 fully saturated rings. The third-order valence-electron chi connectivity index (χ3n) is 5.74. The summed E-state index contributed by atoms with van der Waals surface area (Å²) in [4.78, 5) is 21.8. The van der Waals surface area contributed by atoms with Gasteiger partial charge in [0.2, 0.25) is 11.9 Å². The van der Waals surface area contributed by atoms with Crippen molar-refractivity contribution in [2.75, 3.05) is 41.7 Å². The van der Waals surface area contributed by atoms with Gasteiger partial charge in [-0.25, -0.2) is 9.97 Å². The fourth-order valence-corrected chi connectivity index (χ4v) is 4.02. The van der Waals surface area contributed by atoms with E-state index < -0.39 is 11.7 Å². The van der Waals surface area contributed by atoms with E-state index in [1.807, 2.05) is 24.3 Å². The number of amides is 1. The van der Waals surface area contributed by atoms with Crippen LogP contribution >= 0.6 is 0 Å². The van der Waals surface area contributed by atoms with Crippen LogP contribution in [0, 0.1) is 0 Å². The van der Waals surface area contributed by atoms with Gasteiger partial charge in [0.1, 0.15) is 0 Å². The molecule has 3 aromatic rings. The first kappa shape index (κ1) is 24.5. The molecule has 0 atom stereocenters. The van der Waals surface area contributed by atoms with Gasteiger partial charge in [0, 0.05) is 56.4 Å². The maximum absolute atomic E-state index is 13.6. The second-order valence-electron chi connectivity index (χ2n) is 8.30. The van der Waals surface area contributed by atoms with E-state index in [-0.39, 0.29) is 30.4 Å². The number of aromatic nitrogens is 2. The summed E-state index contributed by atoms with van der Waals surface area (Å²) in [6.45, 7) is 5.08. The lowest BCUT2D eigenvalue weighted by Gasteiger charge is -2.29. The number of carbonyl (C=O) groups excluding carboxylic acids is 1. The van der Waals surface area contributed by atoms with Crippen molar-refractivity contribution < 1.29 is 18.0 Å². The lowest BCUT2D eigenvalue weighted by molar-refractivity contribution is -0.138. The molecule has 7 nitrogen and oxygen atoms in total. The first-order valence-electron chi connectivity index (χ1n) is 11.4. The Kier molecular flexibility index (Phi) is 7.50. The second-order valence-corrected chi connectivity index (χ2v) is 8.30. The number of halogens is 3. The van der Waals surface area contributed by atoms with Crippen molar-refractivity contribution in [3.63, 3.8) is 0 Å². The van der Waals surface area contributed by atoms with Crippen molar-refractivity contribution in [1.29, 1.82) is 0 Å². The van der Waals surface area contributed by atoms with Crippen molar-refractivity contribution in [2.24, 2.45) is 0 Å². The molecule has 0 aliphatic carbocycles. The highest BCUT2D eigenvalue weighted by molar-refractivity contribution is 5.89. The third kappa shape index (κ3) is 6.48. The number of nitrogens with zero attached hydrogens (tertiary/aromatic N) is 3. The average molecular weight is 485 g/mol. The van der Waals surface area contributed by atoms with Crippen LogP contribution in [0.25, 0.3) is 0 Å². The molecule has 10 heteroatoms. The van der Waals surface area contributed by atoms with Crippen LogP contribution in [0.3, 0.4) is 0 Å². The van der Waals surface area contributed by atoms with Crippen LogP contribution in [0.15, 0.2) is 54.7 Å². The molecule has 35 heavy (non-hydrogen) atoms. The number of aryl methyl sites for hydroxylation is 2. The number of benzene rings is 2. The Labute approximate surface area is 201 Å². The summed E-state index contributed by atoms with van der Waals surface area (Å²) in [5, 5.41) is 9.04. The highest BCUT2D eigenvalue weighted by Gasteiger charge is 2.34. The zero-order valence-corrected chi connectivity index (χ0v) is 19.3. The van der Waals surface area contributed by atoms with E-state index >= 15 is 0 Å². The Morgan fingerprint density at radius 3 is 2.46 bits per heavy atom. The number of anilines is 4. The number of alkyl halides is 3. The van der Waals surface area contributed by atoms with Gasteiger partial charge in [-0.15, -0.1) is 0 Å². The smallest absolute Gasteiger partial charge is 0.369 e. The maximum Gasteiger partial charge on any atom is 0.419 e. The zero-order valence-electron chi connectivity index (χ0n) is 19.3. The number of para-hydroxylation sites is 1. The summed E-state index contributed by atoms with van der Waals surface area (Å²) in [6.07, 6.45) is -3.45. The number of piperazine rings is 1. The van der Waals surface area contributed by atoms with Crippen LogP contribution in [-0.2, 0) is 23.8 Å². The second kappa shape index (κ2) is 10.7. The summed E-state index contributed by atoms with van der Waals surface area (Å²) < 4.78 is 40.9. The number of nitrogens with one attached hydrogen (secondary N) is 3. The lowest BCUT2D eigenvalue weighted by atomic mass is 10.0. The quantitative estimate of drug-likeness (QED) is 0.462. The van der Waals surface area contributed by atoms with Gasteiger partial charge in [0.05, 0.1) is 11.3 Å². The Bertz CT molecular complexity index is 1160. The van der Waals surface area contributed by atoms with E-state index in [1.54, 1.807) is 24.3 Å². The molecule has 0 spiro atoms. The van der Waals surface area contributed by atoms with E-state index in [4.69, 9.17) is 0 Å². The lowest BCUT2D eigenvalue weighted by Crippen LogP contribution is -2.43. The Balaban J connectivity index is 1.52. The molecule has 1 saturated heterocycles. The summed E-state index contributed by atoms with van der Waals surface area (Å²) in [6, 6.07) is 14.7. The molecule has 1 aliphatic heterocycles. The van der Waals surface area contributed by atoms with E-state index in [1.165, 1.54) is 6.92 Å². The number of hydrogen-bond acceptors (Lipinski definition) is 6. The van der Waals surface area contributed by atoms with Gasteiger partial charge >= 0.3 is 6.18 Å². The van der Waals surface area contributed by atoms with E-state index in [0.717, 1.165) is 43.6 Å². The van der Waals surface area contributed by atoms with Gasteiger partial charge < -0.3 is 20.9 Å². The van der Waals surface area contributed by atoms with E-state index in [0.29, 0.717) is 11.4 Å². The molecule has 2 heterocycles. The summed E-state index contributed by atoms with van der Waals surface area (Å²) in [5.41, 5.74) is 2.10. The molecule has 184 valence electrons. The molecule has 0 bridgehead atoms. The van der Waals surface area contributed by atoms with Crippen molar-refractivity contribution in [1.82, 2.24) is 15.3 Å². The topological polar surface area (TPSA) is 82.2 Å². The molecule has 1 aromatic heterocycles. The summed E-state index contributed by atoms with van der Waals surface area (Å²) >= 11 is 0. The molecular formula is C25H27F3N6O. The average Bonchev–Trinajstić information content (AvgIpc) is 2.83. The molecular weight excluding hydrogens is 457 g/mol. The monoisotopic (exact) mass is 484 g/mol. The van der Waals surface area contributed by atoms with Crippen LogP contribution in [-0.4, -0.2) is 42.1 Å². The van der Waals surface area contributed by atoms with Crippen LogP contribution < -0.4 is 20.9 Å². The fourth-order valence-electron chi connectivity index (χ4n) is 4.02. The van der Waals surface area contributed by atoms with Gasteiger partial charge in [-0.1, -0.05) is 18.2 Å². The minimum absolute atomic E-state index is 0.0323. The maximum atomic E-state index is 13.6. The first-order chi connectivity index (χ1) is 16.8. The van der Waals surface area contributed by atoms with Crippen molar-refractivity contribution in [3.8, 4) is 0 Å². The molecule has 0 radical (unpaired) electrons. The van der Waals surface area contributed by atoms with Crippen molar-refractivity contribution in [3.05, 3.63) is 71.5 Å².